The van der Waals surface area contributed by atoms with Gasteiger partial charge in [-0.1, -0.05) is 91.0 Å². The van der Waals surface area contributed by atoms with Crippen molar-refractivity contribution >= 4 is 25.4 Å². The predicted molar refractivity (Wildman–Crippen MR) is 147 cm³/mol. The van der Waals surface area contributed by atoms with Crippen LogP contribution in [0, 0.1) is 0 Å². The highest BCUT2D eigenvalue weighted by Gasteiger charge is 2.35. The van der Waals surface area contributed by atoms with Gasteiger partial charge in [-0.25, -0.2) is 9.36 Å². The second kappa shape index (κ2) is 13.6. The molecule has 4 rings (SSSR count). The van der Waals surface area contributed by atoms with Gasteiger partial charge in [0.15, 0.2) is 6.10 Å². The Morgan fingerprint density at radius 1 is 0.692 bits per heavy atom. The molecule has 0 fully saturated rings. The Bertz CT molecular complexity index is 1350. The van der Waals surface area contributed by atoms with Crippen LogP contribution in [-0.4, -0.2) is 23.1 Å². The third-order valence-corrected chi connectivity index (χ3v) is 7.08. The Hall–Kier alpha value is -4.07. The molecule has 0 aliphatic rings. The lowest BCUT2D eigenvalue weighted by atomic mass is 10.1. The molecule has 1 atom stereocenters. The maximum Gasteiger partial charge on any atom is 0.476 e. The van der Waals surface area contributed by atoms with Crippen LogP contribution in [-0.2, 0) is 42.6 Å². The first-order valence-corrected chi connectivity index (χ1v) is 13.7. The molecule has 200 valence electrons. The molecule has 1 amide bonds. The van der Waals surface area contributed by atoms with E-state index in [1.54, 1.807) is 0 Å². The Morgan fingerprint density at radius 2 is 1.15 bits per heavy atom. The van der Waals surface area contributed by atoms with E-state index >= 15 is 0 Å². The number of anilines is 1. The summed E-state index contributed by atoms with van der Waals surface area (Å²) in [6, 6.07) is 33.1. The lowest BCUT2D eigenvalue weighted by Crippen LogP contribution is -2.32. The number of nitrogens with one attached hydrogen (secondary N) is 1. The number of rotatable bonds is 13. The Balaban J connectivity index is 1.56. The van der Waals surface area contributed by atoms with Crippen LogP contribution in [0.4, 0.5) is 5.69 Å². The van der Waals surface area contributed by atoms with Crippen molar-refractivity contribution in [3.8, 4) is 0 Å². The molecule has 2 N–H and O–H groups in total. The second-order valence-corrected chi connectivity index (χ2v) is 10.2. The molecule has 0 heterocycles. The molecule has 9 heteroatoms. The van der Waals surface area contributed by atoms with Crippen molar-refractivity contribution in [3.05, 3.63) is 138 Å². The molecule has 4 aromatic carbocycles. The number of carboxylic acid groups (broad SMARTS) is 1. The smallest absolute Gasteiger partial charge is 0.476 e. The van der Waals surface area contributed by atoms with Gasteiger partial charge >= 0.3 is 13.8 Å². The normalized spacial score (nSPS) is 12.0. The quantitative estimate of drug-likeness (QED) is 0.185. The van der Waals surface area contributed by atoms with E-state index in [1.807, 2.05) is 91.0 Å². The molecule has 0 aliphatic heterocycles. The largest absolute Gasteiger partial charge is 0.478 e. The van der Waals surface area contributed by atoms with E-state index in [4.69, 9.17) is 18.7 Å². The number of benzene rings is 4. The lowest BCUT2D eigenvalue weighted by Gasteiger charge is -2.24. The van der Waals surface area contributed by atoms with Gasteiger partial charge in [-0.2, -0.15) is 0 Å². The topological polar surface area (TPSA) is 111 Å². The summed E-state index contributed by atoms with van der Waals surface area (Å²) in [6.45, 7) is -0.105. The third-order valence-electron chi connectivity index (χ3n) is 5.68. The number of phosphoric ester groups is 1. The zero-order valence-corrected chi connectivity index (χ0v) is 21.9. The summed E-state index contributed by atoms with van der Waals surface area (Å²) in [4.78, 5) is 24.5. The fraction of sp³-hybridized carbons (Fsp3) is 0.133. The minimum atomic E-state index is -4.26. The Kier molecular flexibility index (Phi) is 9.78. The first-order chi connectivity index (χ1) is 18.9. The van der Waals surface area contributed by atoms with Crippen molar-refractivity contribution in [3.63, 3.8) is 0 Å². The first kappa shape index (κ1) is 28.0. The van der Waals surface area contributed by atoms with Gasteiger partial charge in [-0.05, 0) is 41.0 Å². The number of amides is 1. The maximum atomic E-state index is 13.9. The van der Waals surface area contributed by atoms with Crippen molar-refractivity contribution in [2.45, 2.75) is 25.7 Å². The highest BCUT2D eigenvalue weighted by molar-refractivity contribution is 7.48. The van der Waals surface area contributed by atoms with E-state index in [1.165, 1.54) is 24.3 Å². The molecular formula is C30H28NO7P. The summed E-state index contributed by atoms with van der Waals surface area (Å²) in [5.74, 6) is -1.67. The minimum Gasteiger partial charge on any atom is -0.478 e. The van der Waals surface area contributed by atoms with Gasteiger partial charge < -0.3 is 10.4 Å². The van der Waals surface area contributed by atoms with Crippen LogP contribution in [0.3, 0.4) is 0 Å². The van der Waals surface area contributed by atoms with Crippen molar-refractivity contribution in [1.29, 1.82) is 0 Å². The summed E-state index contributed by atoms with van der Waals surface area (Å²) < 4.78 is 31.2. The number of hydrogen-bond acceptors (Lipinski definition) is 6. The third kappa shape index (κ3) is 8.74. The standard InChI is InChI=1S/C30H28NO7P/c32-29(31-27-18-16-26(17-19-27)30(33)34)28(20-23-10-4-1-5-11-23)38-39(35,36-21-24-12-6-2-7-13-24)37-22-25-14-8-3-9-15-25/h1-19,28H,20-22H2,(H,31,32)(H,33,34)/t28-/m0/s1. The Labute approximate surface area is 226 Å². The van der Waals surface area contributed by atoms with Gasteiger partial charge in [0.25, 0.3) is 5.91 Å². The van der Waals surface area contributed by atoms with Gasteiger partial charge in [0, 0.05) is 12.1 Å². The van der Waals surface area contributed by atoms with Crippen LogP contribution >= 0.6 is 7.82 Å². The number of aromatic carboxylic acids is 1. The van der Waals surface area contributed by atoms with Crippen molar-refractivity contribution < 1.29 is 32.8 Å². The summed E-state index contributed by atoms with van der Waals surface area (Å²) in [6.07, 6.45) is -1.16. The van der Waals surface area contributed by atoms with Crippen LogP contribution in [0.2, 0.25) is 0 Å². The average Bonchev–Trinajstić information content (AvgIpc) is 2.97. The zero-order chi connectivity index (χ0) is 27.5. The molecule has 0 spiro atoms. The number of carbonyl (C=O) groups excluding carboxylic acids is 1. The monoisotopic (exact) mass is 545 g/mol. The fourth-order valence-electron chi connectivity index (χ4n) is 3.63. The first-order valence-electron chi connectivity index (χ1n) is 12.2. The van der Waals surface area contributed by atoms with Crippen LogP contribution in [0.15, 0.2) is 115 Å². The van der Waals surface area contributed by atoms with E-state index in [9.17, 15) is 14.2 Å². The van der Waals surface area contributed by atoms with Crippen molar-refractivity contribution in [2.75, 3.05) is 5.32 Å². The molecule has 39 heavy (non-hydrogen) atoms. The maximum absolute atomic E-state index is 13.9. The van der Waals surface area contributed by atoms with Gasteiger partial charge in [0.1, 0.15) is 0 Å². The summed E-state index contributed by atoms with van der Waals surface area (Å²) in [5, 5.41) is 11.8. The van der Waals surface area contributed by atoms with Crippen molar-refractivity contribution in [1.82, 2.24) is 0 Å². The summed E-state index contributed by atoms with van der Waals surface area (Å²) in [5.41, 5.74) is 2.73. The molecule has 0 aliphatic carbocycles. The van der Waals surface area contributed by atoms with Gasteiger partial charge in [-0.15, -0.1) is 0 Å². The molecule has 8 nitrogen and oxygen atoms in total. The van der Waals surface area contributed by atoms with Crippen LogP contribution in [0.5, 0.6) is 0 Å². The minimum absolute atomic E-state index is 0.0523. The van der Waals surface area contributed by atoms with E-state index in [0.29, 0.717) is 5.69 Å². The zero-order valence-electron chi connectivity index (χ0n) is 21.0. The van der Waals surface area contributed by atoms with E-state index < -0.39 is 25.8 Å². The van der Waals surface area contributed by atoms with Gasteiger partial charge in [0.05, 0.1) is 18.8 Å². The number of carboxylic acids is 1. The average molecular weight is 546 g/mol. The number of carbonyl (C=O) groups is 2. The predicted octanol–water partition coefficient (Wildman–Crippen LogP) is 6.49. The van der Waals surface area contributed by atoms with E-state index in [2.05, 4.69) is 5.32 Å². The molecule has 0 bridgehead atoms. The summed E-state index contributed by atoms with van der Waals surface area (Å²) >= 11 is 0. The molecule has 0 aromatic heterocycles. The molecule has 0 saturated heterocycles. The van der Waals surface area contributed by atoms with Crippen LogP contribution in [0.1, 0.15) is 27.0 Å². The van der Waals surface area contributed by atoms with Crippen molar-refractivity contribution in [2.24, 2.45) is 0 Å². The molecule has 0 unspecified atom stereocenters. The van der Waals surface area contributed by atoms with Crippen LogP contribution < -0.4 is 5.32 Å². The number of phosphoric acid groups is 1. The van der Waals surface area contributed by atoms with Gasteiger partial charge in [-0.3, -0.25) is 18.4 Å². The molecule has 0 radical (unpaired) electrons. The lowest BCUT2D eigenvalue weighted by molar-refractivity contribution is -0.124. The number of hydrogen-bond donors (Lipinski definition) is 2. The van der Waals surface area contributed by atoms with E-state index in [-0.39, 0.29) is 25.2 Å². The highest BCUT2D eigenvalue weighted by Crippen LogP contribution is 2.52. The molecule has 0 saturated carbocycles. The fourth-order valence-corrected chi connectivity index (χ4v) is 4.93. The molecular weight excluding hydrogens is 517 g/mol. The Morgan fingerprint density at radius 3 is 1.62 bits per heavy atom. The van der Waals surface area contributed by atoms with Crippen LogP contribution in [0.25, 0.3) is 0 Å². The van der Waals surface area contributed by atoms with E-state index in [0.717, 1.165) is 16.7 Å². The van der Waals surface area contributed by atoms with Gasteiger partial charge in [0.2, 0.25) is 0 Å². The highest BCUT2D eigenvalue weighted by atomic mass is 31.2. The SMILES string of the molecule is O=C(O)c1ccc(NC(=O)[C@H](Cc2ccccc2)OP(=O)(OCc2ccccc2)OCc2ccccc2)cc1. The molecule has 4 aromatic rings. The second-order valence-electron chi connectivity index (χ2n) is 8.62. The summed E-state index contributed by atoms with van der Waals surface area (Å²) in [7, 11) is -4.26.